The van der Waals surface area contributed by atoms with Gasteiger partial charge in [-0.1, -0.05) is 6.07 Å². The molecule has 104 valence electrons. The van der Waals surface area contributed by atoms with E-state index in [-0.39, 0.29) is 5.91 Å². The standard InChI is InChI=1S/C13H20N4OS/c1-11(18)16-5-7-17(8-6-16)13(14-2)15-10-12-4-3-9-19-12/h3-4,9H,5-8,10H2,1-2H3,(H,14,15). The maximum atomic E-state index is 11.3. The molecular formula is C13H20N4OS. The number of hydrogen-bond donors (Lipinski definition) is 1. The second-order valence-corrected chi connectivity index (χ2v) is 5.51. The summed E-state index contributed by atoms with van der Waals surface area (Å²) in [6.07, 6.45) is 0. The Hall–Kier alpha value is -1.56. The van der Waals surface area contributed by atoms with Crippen LogP contribution in [0.3, 0.4) is 0 Å². The van der Waals surface area contributed by atoms with Gasteiger partial charge in [0.15, 0.2) is 5.96 Å². The lowest BCUT2D eigenvalue weighted by atomic mass is 10.3. The van der Waals surface area contributed by atoms with E-state index in [1.807, 2.05) is 4.90 Å². The van der Waals surface area contributed by atoms with E-state index in [1.54, 1.807) is 25.3 Å². The van der Waals surface area contributed by atoms with Gasteiger partial charge in [0, 0.05) is 45.0 Å². The van der Waals surface area contributed by atoms with Crippen LogP contribution in [0.2, 0.25) is 0 Å². The Morgan fingerprint density at radius 2 is 2.05 bits per heavy atom. The third-order valence-corrected chi connectivity index (χ3v) is 4.11. The van der Waals surface area contributed by atoms with Crippen LogP contribution < -0.4 is 5.32 Å². The molecule has 0 bridgehead atoms. The van der Waals surface area contributed by atoms with Crippen LogP contribution in [-0.4, -0.2) is 54.9 Å². The molecule has 1 fully saturated rings. The number of hydrogen-bond acceptors (Lipinski definition) is 3. The number of piperazine rings is 1. The highest BCUT2D eigenvalue weighted by Crippen LogP contribution is 2.08. The lowest BCUT2D eigenvalue weighted by Crippen LogP contribution is -2.53. The molecule has 6 heteroatoms. The van der Waals surface area contributed by atoms with Gasteiger partial charge in [0.1, 0.15) is 0 Å². The molecule has 0 saturated carbocycles. The van der Waals surface area contributed by atoms with Crippen LogP contribution in [0.4, 0.5) is 0 Å². The number of thiophene rings is 1. The van der Waals surface area contributed by atoms with Gasteiger partial charge in [-0.25, -0.2) is 0 Å². The number of carbonyl (C=O) groups is 1. The van der Waals surface area contributed by atoms with Crippen molar-refractivity contribution in [2.45, 2.75) is 13.5 Å². The number of aliphatic imine (C=N–C) groups is 1. The van der Waals surface area contributed by atoms with E-state index in [9.17, 15) is 4.79 Å². The van der Waals surface area contributed by atoms with E-state index in [4.69, 9.17) is 0 Å². The first-order valence-corrected chi connectivity index (χ1v) is 7.32. The fourth-order valence-corrected chi connectivity index (χ4v) is 2.79. The predicted octanol–water partition coefficient (Wildman–Crippen LogP) is 0.988. The van der Waals surface area contributed by atoms with Crippen molar-refractivity contribution in [1.29, 1.82) is 0 Å². The van der Waals surface area contributed by atoms with Crippen molar-refractivity contribution in [2.75, 3.05) is 33.2 Å². The number of carbonyl (C=O) groups excluding carboxylic acids is 1. The molecule has 0 radical (unpaired) electrons. The minimum absolute atomic E-state index is 0.154. The molecule has 1 aliphatic rings. The van der Waals surface area contributed by atoms with E-state index in [2.05, 4.69) is 32.7 Å². The van der Waals surface area contributed by atoms with Gasteiger partial charge in [-0.05, 0) is 11.4 Å². The zero-order valence-electron chi connectivity index (χ0n) is 11.4. The number of nitrogens with zero attached hydrogens (tertiary/aromatic N) is 3. The molecule has 1 amide bonds. The van der Waals surface area contributed by atoms with Gasteiger partial charge in [-0.3, -0.25) is 9.79 Å². The molecule has 2 heterocycles. The Labute approximate surface area is 117 Å². The van der Waals surface area contributed by atoms with Crippen molar-refractivity contribution in [3.05, 3.63) is 22.4 Å². The quantitative estimate of drug-likeness (QED) is 0.649. The Bertz CT molecular complexity index is 436. The molecule has 1 N–H and O–H groups in total. The average Bonchev–Trinajstić information content (AvgIpc) is 2.93. The average molecular weight is 280 g/mol. The number of amides is 1. The second kappa shape index (κ2) is 6.56. The Morgan fingerprint density at radius 1 is 1.37 bits per heavy atom. The molecule has 5 nitrogen and oxygen atoms in total. The van der Waals surface area contributed by atoms with Crippen molar-refractivity contribution >= 4 is 23.2 Å². The van der Waals surface area contributed by atoms with Crippen molar-refractivity contribution < 1.29 is 4.79 Å². The monoisotopic (exact) mass is 280 g/mol. The topological polar surface area (TPSA) is 47.9 Å². The Balaban J connectivity index is 1.84. The largest absolute Gasteiger partial charge is 0.351 e. The summed E-state index contributed by atoms with van der Waals surface area (Å²) >= 11 is 1.74. The summed E-state index contributed by atoms with van der Waals surface area (Å²) in [5.74, 6) is 1.07. The molecule has 1 aromatic rings. The Morgan fingerprint density at radius 3 is 2.58 bits per heavy atom. The van der Waals surface area contributed by atoms with Crippen LogP contribution >= 0.6 is 11.3 Å². The van der Waals surface area contributed by atoms with E-state index in [1.165, 1.54) is 4.88 Å². The van der Waals surface area contributed by atoms with Gasteiger partial charge in [0.2, 0.25) is 5.91 Å². The first-order chi connectivity index (χ1) is 9.20. The fraction of sp³-hybridized carbons (Fsp3) is 0.538. The van der Waals surface area contributed by atoms with Crippen molar-refractivity contribution in [2.24, 2.45) is 4.99 Å². The maximum absolute atomic E-state index is 11.3. The van der Waals surface area contributed by atoms with Gasteiger partial charge < -0.3 is 15.1 Å². The van der Waals surface area contributed by atoms with Gasteiger partial charge in [0.25, 0.3) is 0 Å². The summed E-state index contributed by atoms with van der Waals surface area (Å²) in [6.45, 7) is 5.65. The highest BCUT2D eigenvalue weighted by atomic mass is 32.1. The highest BCUT2D eigenvalue weighted by Gasteiger charge is 2.20. The zero-order valence-corrected chi connectivity index (χ0v) is 12.2. The molecule has 1 aromatic heterocycles. The van der Waals surface area contributed by atoms with Crippen molar-refractivity contribution in [1.82, 2.24) is 15.1 Å². The highest BCUT2D eigenvalue weighted by molar-refractivity contribution is 7.09. The molecule has 0 aliphatic carbocycles. The smallest absolute Gasteiger partial charge is 0.219 e. The van der Waals surface area contributed by atoms with Gasteiger partial charge in [-0.15, -0.1) is 11.3 Å². The summed E-state index contributed by atoms with van der Waals surface area (Å²) in [7, 11) is 1.80. The minimum Gasteiger partial charge on any atom is -0.351 e. The molecule has 19 heavy (non-hydrogen) atoms. The third kappa shape index (κ3) is 3.70. The molecule has 0 unspecified atom stereocenters. The second-order valence-electron chi connectivity index (χ2n) is 4.47. The normalized spacial score (nSPS) is 16.6. The molecule has 0 spiro atoms. The molecule has 0 aromatic carbocycles. The molecule has 1 aliphatic heterocycles. The van der Waals surface area contributed by atoms with Crippen LogP contribution in [0.5, 0.6) is 0 Å². The van der Waals surface area contributed by atoms with E-state index >= 15 is 0 Å². The van der Waals surface area contributed by atoms with Crippen LogP contribution in [0.15, 0.2) is 22.5 Å². The zero-order chi connectivity index (χ0) is 13.7. The first-order valence-electron chi connectivity index (χ1n) is 6.44. The fourth-order valence-electron chi connectivity index (χ4n) is 2.14. The summed E-state index contributed by atoms with van der Waals surface area (Å²) in [5.41, 5.74) is 0. The Kier molecular flexibility index (Phi) is 4.79. The predicted molar refractivity (Wildman–Crippen MR) is 78.3 cm³/mol. The van der Waals surface area contributed by atoms with Gasteiger partial charge >= 0.3 is 0 Å². The number of guanidine groups is 1. The summed E-state index contributed by atoms with van der Waals surface area (Å²) in [5, 5.41) is 5.44. The van der Waals surface area contributed by atoms with Crippen LogP contribution in [0, 0.1) is 0 Å². The van der Waals surface area contributed by atoms with E-state index < -0.39 is 0 Å². The van der Waals surface area contributed by atoms with E-state index in [0.29, 0.717) is 0 Å². The SMILES string of the molecule is CN=C(NCc1cccs1)N1CCN(C(C)=O)CC1. The molecule has 0 atom stereocenters. The molecule has 1 saturated heterocycles. The van der Waals surface area contributed by atoms with Crippen LogP contribution in [0.1, 0.15) is 11.8 Å². The summed E-state index contributed by atoms with van der Waals surface area (Å²) < 4.78 is 0. The van der Waals surface area contributed by atoms with Gasteiger partial charge in [0.05, 0.1) is 6.54 Å². The van der Waals surface area contributed by atoms with Crippen LogP contribution in [0.25, 0.3) is 0 Å². The van der Waals surface area contributed by atoms with Crippen molar-refractivity contribution in [3.8, 4) is 0 Å². The first kappa shape index (κ1) is 13.9. The maximum Gasteiger partial charge on any atom is 0.219 e. The third-order valence-electron chi connectivity index (χ3n) is 3.24. The van der Waals surface area contributed by atoms with Crippen molar-refractivity contribution in [3.63, 3.8) is 0 Å². The lowest BCUT2D eigenvalue weighted by Gasteiger charge is -2.36. The minimum atomic E-state index is 0.154. The molecule has 2 rings (SSSR count). The summed E-state index contributed by atoms with van der Waals surface area (Å²) in [4.78, 5) is 21.0. The summed E-state index contributed by atoms with van der Waals surface area (Å²) in [6, 6.07) is 4.16. The number of rotatable bonds is 2. The van der Waals surface area contributed by atoms with E-state index in [0.717, 1.165) is 38.7 Å². The van der Waals surface area contributed by atoms with Crippen LogP contribution in [-0.2, 0) is 11.3 Å². The molecular weight excluding hydrogens is 260 g/mol. The lowest BCUT2D eigenvalue weighted by molar-refractivity contribution is -0.130. The van der Waals surface area contributed by atoms with Gasteiger partial charge in [-0.2, -0.15) is 0 Å². The number of nitrogens with one attached hydrogen (secondary N) is 1.